The lowest BCUT2D eigenvalue weighted by atomic mass is 10.1. The molecule has 2 aliphatic rings. The predicted octanol–water partition coefficient (Wildman–Crippen LogP) is 2.38. The maximum absolute atomic E-state index is 5.36. The Bertz CT molecular complexity index is 394. The zero-order valence-corrected chi connectivity index (χ0v) is 12.2. The minimum atomic E-state index is 0.345. The molecule has 1 atom stereocenters. The summed E-state index contributed by atoms with van der Waals surface area (Å²) in [5.41, 5.74) is 0. The van der Waals surface area contributed by atoms with E-state index < -0.39 is 0 Å². The molecule has 0 radical (unpaired) electrons. The molecule has 5 heteroatoms. The molecule has 0 N–H and O–H groups in total. The van der Waals surface area contributed by atoms with Crippen LogP contribution in [0.1, 0.15) is 56.2 Å². The van der Waals surface area contributed by atoms with Gasteiger partial charge >= 0.3 is 0 Å². The van der Waals surface area contributed by atoms with Crippen LogP contribution in [0, 0.1) is 0 Å². The smallest absolute Gasteiger partial charge is 0.226 e. The van der Waals surface area contributed by atoms with E-state index in [1.807, 2.05) is 0 Å². The van der Waals surface area contributed by atoms with E-state index in [-0.39, 0.29) is 0 Å². The summed E-state index contributed by atoms with van der Waals surface area (Å²) in [7, 11) is 0. The van der Waals surface area contributed by atoms with E-state index in [9.17, 15) is 0 Å². The third kappa shape index (κ3) is 3.79. The van der Waals surface area contributed by atoms with Crippen molar-refractivity contribution in [2.45, 2.75) is 50.9 Å². The van der Waals surface area contributed by atoms with Gasteiger partial charge < -0.3 is 14.2 Å². The molecule has 0 aliphatic carbocycles. The Morgan fingerprint density at radius 3 is 2.75 bits per heavy atom. The van der Waals surface area contributed by atoms with E-state index in [0.717, 1.165) is 50.7 Å². The van der Waals surface area contributed by atoms with Crippen molar-refractivity contribution in [2.24, 2.45) is 0 Å². The summed E-state index contributed by atoms with van der Waals surface area (Å²) >= 11 is 0. The van der Waals surface area contributed by atoms with Crippen LogP contribution in [0.15, 0.2) is 4.52 Å². The molecule has 1 aromatic heterocycles. The summed E-state index contributed by atoms with van der Waals surface area (Å²) in [4.78, 5) is 7.10. The number of aryl methyl sites for hydroxylation is 1. The Hall–Kier alpha value is -0.940. The van der Waals surface area contributed by atoms with Crippen LogP contribution in [0.4, 0.5) is 0 Å². The fourth-order valence-corrected chi connectivity index (χ4v) is 3.09. The normalized spacial score (nSPS) is 24.9. The third-order valence-corrected chi connectivity index (χ3v) is 4.34. The SMILES string of the molecule is C1CCCN(CCCc2nc([C@H]3CCOC3)no2)CC1. The first-order valence-corrected chi connectivity index (χ1v) is 8.04. The van der Waals surface area contributed by atoms with Crippen molar-refractivity contribution in [1.82, 2.24) is 15.0 Å². The summed E-state index contributed by atoms with van der Waals surface area (Å²) < 4.78 is 10.7. The van der Waals surface area contributed by atoms with Crippen molar-refractivity contribution >= 4 is 0 Å². The zero-order valence-electron chi connectivity index (χ0n) is 12.2. The van der Waals surface area contributed by atoms with E-state index in [0.29, 0.717) is 5.92 Å². The van der Waals surface area contributed by atoms with Crippen molar-refractivity contribution in [3.05, 3.63) is 11.7 Å². The Balaban J connectivity index is 1.41. The minimum absolute atomic E-state index is 0.345. The zero-order chi connectivity index (χ0) is 13.6. The highest BCUT2D eigenvalue weighted by Crippen LogP contribution is 2.22. The van der Waals surface area contributed by atoms with Gasteiger partial charge in [-0.15, -0.1) is 0 Å². The molecule has 0 unspecified atom stereocenters. The molecule has 0 aromatic carbocycles. The van der Waals surface area contributed by atoms with Gasteiger partial charge in [-0.3, -0.25) is 0 Å². The van der Waals surface area contributed by atoms with Gasteiger partial charge in [0.15, 0.2) is 5.82 Å². The van der Waals surface area contributed by atoms with Crippen LogP contribution >= 0.6 is 0 Å². The maximum atomic E-state index is 5.36. The molecule has 0 amide bonds. The number of rotatable bonds is 5. The average molecular weight is 279 g/mol. The third-order valence-electron chi connectivity index (χ3n) is 4.34. The lowest BCUT2D eigenvalue weighted by Crippen LogP contribution is -2.26. The van der Waals surface area contributed by atoms with Crippen LogP contribution in [-0.2, 0) is 11.2 Å². The number of nitrogens with zero attached hydrogens (tertiary/aromatic N) is 3. The molecule has 0 spiro atoms. The molecular weight excluding hydrogens is 254 g/mol. The lowest BCUT2D eigenvalue weighted by molar-refractivity contribution is 0.192. The van der Waals surface area contributed by atoms with Crippen molar-refractivity contribution in [3.8, 4) is 0 Å². The fourth-order valence-electron chi connectivity index (χ4n) is 3.09. The topological polar surface area (TPSA) is 51.4 Å². The number of likely N-dealkylation sites (tertiary alicyclic amines) is 1. The van der Waals surface area contributed by atoms with E-state index in [4.69, 9.17) is 9.26 Å². The molecule has 2 aliphatic heterocycles. The average Bonchev–Trinajstić information content (AvgIpc) is 3.07. The standard InChI is InChI=1S/C15H25N3O2/c1-2-4-9-18(8-3-1)10-5-6-14-16-15(17-20-14)13-7-11-19-12-13/h13H,1-12H2/t13-/m0/s1. The van der Waals surface area contributed by atoms with Gasteiger partial charge in [0.1, 0.15) is 0 Å². The van der Waals surface area contributed by atoms with Gasteiger partial charge in [0.2, 0.25) is 5.89 Å². The van der Waals surface area contributed by atoms with E-state index >= 15 is 0 Å². The van der Waals surface area contributed by atoms with Crippen LogP contribution in [0.5, 0.6) is 0 Å². The second-order valence-corrected chi connectivity index (χ2v) is 5.97. The van der Waals surface area contributed by atoms with Gasteiger partial charge in [0.05, 0.1) is 6.61 Å². The Morgan fingerprint density at radius 2 is 2.00 bits per heavy atom. The first-order valence-electron chi connectivity index (χ1n) is 8.04. The van der Waals surface area contributed by atoms with Crippen molar-refractivity contribution in [3.63, 3.8) is 0 Å². The Kier molecular flexibility index (Phi) is 5.03. The molecule has 2 saturated heterocycles. The van der Waals surface area contributed by atoms with Crippen molar-refractivity contribution < 1.29 is 9.26 Å². The summed E-state index contributed by atoms with van der Waals surface area (Å²) in [6.45, 7) is 5.24. The number of aromatic nitrogens is 2. The first-order chi connectivity index (χ1) is 9.92. The van der Waals surface area contributed by atoms with E-state index in [1.165, 1.54) is 38.8 Å². The highest BCUT2D eigenvalue weighted by atomic mass is 16.5. The molecule has 3 rings (SSSR count). The van der Waals surface area contributed by atoms with Crippen molar-refractivity contribution in [2.75, 3.05) is 32.8 Å². The quantitative estimate of drug-likeness (QED) is 0.828. The largest absolute Gasteiger partial charge is 0.381 e. The summed E-state index contributed by atoms with van der Waals surface area (Å²) in [6, 6.07) is 0. The molecule has 3 heterocycles. The van der Waals surface area contributed by atoms with Gasteiger partial charge in [0, 0.05) is 18.9 Å². The second kappa shape index (κ2) is 7.18. The van der Waals surface area contributed by atoms with Gasteiger partial charge in [-0.05, 0) is 45.3 Å². The van der Waals surface area contributed by atoms with Crippen LogP contribution in [0.25, 0.3) is 0 Å². The van der Waals surface area contributed by atoms with Gasteiger partial charge in [-0.2, -0.15) is 4.98 Å². The number of hydrogen-bond donors (Lipinski definition) is 0. The van der Waals surface area contributed by atoms with Gasteiger partial charge in [-0.25, -0.2) is 0 Å². The summed E-state index contributed by atoms with van der Waals surface area (Å²) in [6.07, 6.45) is 8.53. The van der Waals surface area contributed by atoms with Crippen LogP contribution < -0.4 is 0 Å². The highest BCUT2D eigenvalue weighted by Gasteiger charge is 2.23. The number of hydrogen-bond acceptors (Lipinski definition) is 5. The Labute approximate surface area is 120 Å². The summed E-state index contributed by atoms with van der Waals surface area (Å²) in [5, 5.41) is 4.10. The molecule has 20 heavy (non-hydrogen) atoms. The summed E-state index contributed by atoms with van der Waals surface area (Å²) in [5.74, 6) is 1.98. The molecule has 112 valence electrons. The fraction of sp³-hybridized carbons (Fsp3) is 0.867. The van der Waals surface area contributed by atoms with E-state index in [1.54, 1.807) is 0 Å². The Morgan fingerprint density at radius 1 is 1.15 bits per heavy atom. The molecule has 2 fully saturated rings. The minimum Gasteiger partial charge on any atom is -0.381 e. The highest BCUT2D eigenvalue weighted by molar-refractivity contribution is 4.97. The van der Waals surface area contributed by atoms with Gasteiger partial charge in [-0.1, -0.05) is 18.0 Å². The predicted molar refractivity (Wildman–Crippen MR) is 75.7 cm³/mol. The van der Waals surface area contributed by atoms with Gasteiger partial charge in [0.25, 0.3) is 0 Å². The second-order valence-electron chi connectivity index (χ2n) is 5.97. The lowest BCUT2D eigenvalue weighted by Gasteiger charge is -2.18. The first kappa shape index (κ1) is 14.0. The number of ether oxygens (including phenoxy) is 1. The molecule has 1 aromatic rings. The maximum Gasteiger partial charge on any atom is 0.226 e. The van der Waals surface area contributed by atoms with E-state index in [2.05, 4.69) is 15.0 Å². The molecule has 0 bridgehead atoms. The van der Waals surface area contributed by atoms with Crippen LogP contribution in [0.2, 0.25) is 0 Å². The van der Waals surface area contributed by atoms with Crippen molar-refractivity contribution in [1.29, 1.82) is 0 Å². The molecular formula is C15H25N3O2. The monoisotopic (exact) mass is 279 g/mol. The van der Waals surface area contributed by atoms with Crippen LogP contribution in [0.3, 0.4) is 0 Å². The molecule has 0 saturated carbocycles. The van der Waals surface area contributed by atoms with Crippen LogP contribution in [-0.4, -0.2) is 47.9 Å². The molecule has 5 nitrogen and oxygen atoms in total.